The van der Waals surface area contributed by atoms with Crippen molar-refractivity contribution in [1.29, 1.82) is 0 Å². The Hall–Kier alpha value is -3.88. The van der Waals surface area contributed by atoms with Gasteiger partial charge in [0.1, 0.15) is 23.3 Å². The van der Waals surface area contributed by atoms with E-state index in [4.69, 9.17) is 0 Å². The average molecular weight is 471 g/mol. The van der Waals surface area contributed by atoms with E-state index in [9.17, 15) is 27.2 Å². The Morgan fingerprint density at radius 1 is 0.971 bits per heavy atom. The molecule has 176 valence electrons. The van der Waals surface area contributed by atoms with Gasteiger partial charge in [0, 0.05) is 42.4 Å². The van der Waals surface area contributed by atoms with Gasteiger partial charge in [0.15, 0.2) is 0 Å². The Morgan fingerprint density at radius 2 is 1.65 bits per heavy atom. The standard InChI is InChI=1S/C25H21F4N3O2/c1-14-18-8-7-15(24(33)30-12-19-21(28)10-17(26)11-22(19)29)9-23(18)32(25(34)31(14)2)13-16-5-3-4-6-20(16)27/h3-11,14H,12-13H2,1-2H3,(H,30,33)/t14-/m1/s1. The van der Waals surface area contributed by atoms with E-state index in [1.54, 1.807) is 31.3 Å². The molecule has 0 radical (unpaired) electrons. The molecule has 0 saturated carbocycles. The summed E-state index contributed by atoms with van der Waals surface area (Å²) in [6.07, 6.45) is 0. The first-order valence-electron chi connectivity index (χ1n) is 10.5. The van der Waals surface area contributed by atoms with Gasteiger partial charge in [-0.05, 0) is 30.7 Å². The fourth-order valence-corrected chi connectivity index (χ4v) is 3.90. The van der Waals surface area contributed by atoms with E-state index in [1.807, 2.05) is 6.92 Å². The van der Waals surface area contributed by atoms with E-state index < -0.39 is 41.3 Å². The second kappa shape index (κ2) is 9.17. The zero-order valence-corrected chi connectivity index (χ0v) is 18.4. The second-order valence-corrected chi connectivity index (χ2v) is 8.05. The molecule has 5 nitrogen and oxygen atoms in total. The summed E-state index contributed by atoms with van der Waals surface area (Å²) in [4.78, 5) is 28.7. The highest BCUT2D eigenvalue weighted by molar-refractivity contribution is 5.99. The largest absolute Gasteiger partial charge is 0.348 e. The summed E-state index contributed by atoms with van der Waals surface area (Å²) in [5.74, 6) is -4.38. The molecule has 0 aromatic heterocycles. The number of amides is 3. The zero-order valence-electron chi connectivity index (χ0n) is 18.4. The summed E-state index contributed by atoms with van der Waals surface area (Å²) in [5, 5.41) is 2.41. The van der Waals surface area contributed by atoms with Crippen LogP contribution in [0.25, 0.3) is 0 Å². The summed E-state index contributed by atoms with van der Waals surface area (Å²) >= 11 is 0. The third kappa shape index (κ3) is 4.33. The smallest absolute Gasteiger partial charge is 0.325 e. The molecule has 1 atom stereocenters. The minimum absolute atomic E-state index is 0.0490. The van der Waals surface area contributed by atoms with Crippen LogP contribution < -0.4 is 10.2 Å². The molecule has 3 amide bonds. The van der Waals surface area contributed by atoms with Crippen LogP contribution in [0.3, 0.4) is 0 Å². The Bertz CT molecular complexity index is 1260. The van der Waals surface area contributed by atoms with E-state index in [-0.39, 0.29) is 24.2 Å². The molecule has 4 rings (SSSR count). The van der Waals surface area contributed by atoms with Crippen molar-refractivity contribution in [3.63, 3.8) is 0 Å². The molecule has 0 aliphatic carbocycles. The highest BCUT2D eigenvalue weighted by Crippen LogP contribution is 2.37. The van der Waals surface area contributed by atoms with Gasteiger partial charge in [0.05, 0.1) is 18.3 Å². The third-order valence-electron chi connectivity index (χ3n) is 5.96. The Balaban J connectivity index is 1.63. The quantitative estimate of drug-likeness (QED) is 0.513. The van der Waals surface area contributed by atoms with Crippen molar-refractivity contribution in [3.05, 3.63) is 100 Å². The number of halogens is 4. The molecule has 3 aromatic carbocycles. The van der Waals surface area contributed by atoms with E-state index in [0.717, 1.165) is 5.56 Å². The molecule has 9 heteroatoms. The van der Waals surface area contributed by atoms with Crippen LogP contribution in [-0.2, 0) is 13.1 Å². The predicted octanol–water partition coefficient (Wildman–Crippen LogP) is 5.31. The number of nitrogens with one attached hydrogen (secondary N) is 1. The molecular weight excluding hydrogens is 450 g/mol. The van der Waals surface area contributed by atoms with Crippen LogP contribution in [-0.4, -0.2) is 23.9 Å². The number of fused-ring (bicyclic) bond motifs is 1. The maximum atomic E-state index is 14.3. The van der Waals surface area contributed by atoms with Gasteiger partial charge in [-0.1, -0.05) is 24.3 Å². The summed E-state index contributed by atoms with van der Waals surface area (Å²) in [6, 6.07) is 11.2. The second-order valence-electron chi connectivity index (χ2n) is 8.05. The summed E-state index contributed by atoms with van der Waals surface area (Å²) in [5.41, 5.74) is 1.17. The fraction of sp³-hybridized carbons (Fsp3) is 0.200. The number of anilines is 1. The molecule has 0 unspecified atom stereocenters. The number of nitrogens with zero attached hydrogens (tertiary/aromatic N) is 2. The Kier molecular flexibility index (Phi) is 6.28. The highest BCUT2D eigenvalue weighted by Gasteiger charge is 2.34. The number of carbonyl (C=O) groups is 2. The molecule has 34 heavy (non-hydrogen) atoms. The minimum Gasteiger partial charge on any atom is -0.348 e. The molecular formula is C25H21F4N3O2. The monoisotopic (exact) mass is 471 g/mol. The minimum atomic E-state index is -1.11. The number of rotatable bonds is 5. The molecule has 0 spiro atoms. The number of hydrogen-bond donors (Lipinski definition) is 1. The number of benzene rings is 3. The van der Waals surface area contributed by atoms with Gasteiger partial charge < -0.3 is 10.2 Å². The van der Waals surface area contributed by atoms with Crippen molar-refractivity contribution >= 4 is 17.6 Å². The Morgan fingerprint density at radius 3 is 2.32 bits per heavy atom. The highest BCUT2D eigenvalue weighted by atomic mass is 19.1. The lowest BCUT2D eigenvalue weighted by molar-refractivity contribution is 0.0950. The molecule has 3 aromatic rings. The molecule has 0 fully saturated rings. The lowest BCUT2D eigenvalue weighted by atomic mass is 9.98. The van der Waals surface area contributed by atoms with E-state index >= 15 is 0 Å². The van der Waals surface area contributed by atoms with Crippen molar-refractivity contribution in [2.45, 2.75) is 26.1 Å². The van der Waals surface area contributed by atoms with Crippen LogP contribution in [0.4, 0.5) is 28.0 Å². The maximum Gasteiger partial charge on any atom is 0.325 e. The van der Waals surface area contributed by atoms with Gasteiger partial charge in [-0.3, -0.25) is 9.69 Å². The summed E-state index contributed by atoms with van der Waals surface area (Å²) < 4.78 is 55.2. The lowest BCUT2D eigenvalue weighted by Gasteiger charge is -2.39. The van der Waals surface area contributed by atoms with Gasteiger partial charge in [0.2, 0.25) is 0 Å². The predicted molar refractivity (Wildman–Crippen MR) is 118 cm³/mol. The van der Waals surface area contributed by atoms with Crippen LogP contribution in [0.2, 0.25) is 0 Å². The van der Waals surface area contributed by atoms with E-state index in [2.05, 4.69) is 5.32 Å². The summed E-state index contributed by atoms with van der Waals surface area (Å²) in [7, 11) is 1.64. The normalized spacial score (nSPS) is 15.4. The number of urea groups is 1. The lowest BCUT2D eigenvalue weighted by Crippen LogP contribution is -2.46. The van der Waals surface area contributed by atoms with Crippen molar-refractivity contribution in [3.8, 4) is 0 Å². The first-order chi connectivity index (χ1) is 16.2. The average Bonchev–Trinajstić information content (AvgIpc) is 2.80. The van der Waals surface area contributed by atoms with Crippen LogP contribution in [0.15, 0.2) is 54.6 Å². The van der Waals surface area contributed by atoms with Crippen molar-refractivity contribution in [2.75, 3.05) is 11.9 Å². The van der Waals surface area contributed by atoms with Crippen molar-refractivity contribution < 1.29 is 27.2 Å². The first-order valence-corrected chi connectivity index (χ1v) is 10.5. The molecule has 1 heterocycles. The van der Waals surface area contributed by atoms with Gasteiger partial charge in [-0.25, -0.2) is 22.4 Å². The zero-order chi connectivity index (χ0) is 24.6. The molecule has 1 N–H and O–H groups in total. The van der Waals surface area contributed by atoms with Gasteiger partial charge in [0.25, 0.3) is 5.91 Å². The van der Waals surface area contributed by atoms with Crippen molar-refractivity contribution in [1.82, 2.24) is 10.2 Å². The molecule has 1 aliphatic heterocycles. The van der Waals surface area contributed by atoms with Crippen LogP contribution >= 0.6 is 0 Å². The van der Waals surface area contributed by atoms with Gasteiger partial charge >= 0.3 is 6.03 Å². The third-order valence-corrected chi connectivity index (χ3v) is 5.96. The maximum absolute atomic E-state index is 14.3. The first kappa shape index (κ1) is 23.3. The number of hydrogen-bond acceptors (Lipinski definition) is 2. The molecule has 1 aliphatic rings. The number of carbonyl (C=O) groups excluding carboxylic acids is 2. The molecule has 0 saturated heterocycles. The summed E-state index contributed by atoms with van der Waals surface area (Å²) in [6.45, 7) is 1.29. The van der Waals surface area contributed by atoms with Gasteiger partial charge in [-0.2, -0.15) is 0 Å². The van der Waals surface area contributed by atoms with Crippen LogP contribution in [0.5, 0.6) is 0 Å². The topological polar surface area (TPSA) is 52.7 Å². The van der Waals surface area contributed by atoms with Crippen LogP contribution in [0.1, 0.15) is 40.0 Å². The fourth-order valence-electron chi connectivity index (χ4n) is 3.90. The van der Waals surface area contributed by atoms with Crippen molar-refractivity contribution in [2.24, 2.45) is 0 Å². The van der Waals surface area contributed by atoms with Gasteiger partial charge in [-0.15, -0.1) is 0 Å². The van der Waals surface area contributed by atoms with Crippen LogP contribution in [0, 0.1) is 23.3 Å². The van der Waals surface area contributed by atoms with E-state index in [1.165, 1.54) is 28.0 Å². The SMILES string of the molecule is C[C@@H]1c2ccc(C(=O)NCc3c(F)cc(F)cc3F)cc2N(Cc2ccccc2F)C(=O)N1C. The van der Waals surface area contributed by atoms with E-state index in [0.29, 0.717) is 23.4 Å². The Labute approximate surface area is 193 Å². The molecule has 0 bridgehead atoms.